The van der Waals surface area contributed by atoms with Crippen molar-refractivity contribution in [1.29, 1.82) is 0 Å². The molecule has 0 spiro atoms. The van der Waals surface area contributed by atoms with E-state index in [1.165, 1.54) is 23.1 Å². The summed E-state index contributed by atoms with van der Waals surface area (Å²) in [5.41, 5.74) is 1.36. The Morgan fingerprint density at radius 3 is 2.37 bits per heavy atom. The van der Waals surface area contributed by atoms with Gasteiger partial charge in [0.1, 0.15) is 22.8 Å². The molecule has 0 bridgehead atoms. The number of primary amides is 1. The Morgan fingerprint density at radius 2 is 1.76 bits per heavy atom. The Balaban J connectivity index is 1.62. The smallest absolute Gasteiger partial charge is 0.401 e. The summed E-state index contributed by atoms with van der Waals surface area (Å²) in [5, 5.41) is 44.1. The van der Waals surface area contributed by atoms with Gasteiger partial charge in [-0.05, 0) is 23.4 Å². The Labute approximate surface area is 213 Å². The van der Waals surface area contributed by atoms with E-state index in [1.807, 2.05) is 0 Å². The second-order valence-electron chi connectivity index (χ2n) is 9.86. The summed E-state index contributed by atoms with van der Waals surface area (Å²) < 4.78 is 38.6. The molecule has 6 N–H and O–H groups in total. The third kappa shape index (κ3) is 3.80. The van der Waals surface area contributed by atoms with Gasteiger partial charge in [-0.15, -0.1) is 0 Å². The van der Waals surface area contributed by atoms with Crippen LogP contribution in [0, 0.1) is 5.92 Å². The zero-order valence-electron chi connectivity index (χ0n) is 19.8. The molecule has 1 aliphatic heterocycles. The standard InChI is InChI=1S/C25H24F3N3O7/c26-24(27,28)10-30-4-6-31(7-5-30)18-13-9-12-8-11-2-1-3-14(32)15(11)19(33)16(12)21(35)25(13,38)22(36)17(20(18)34)23(29)37/h1-3,8,13,18,32-33,36,38H,4-7,9-10H2,(H2,29,37). The fourth-order valence-corrected chi connectivity index (χ4v) is 6.00. The first-order valence-corrected chi connectivity index (χ1v) is 11.8. The Bertz CT molecular complexity index is 1420. The first kappa shape index (κ1) is 25.9. The topological polar surface area (TPSA) is 165 Å². The van der Waals surface area contributed by atoms with Crippen LogP contribution >= 0.6 is 0 Å². The van der Waals surface area contributed by atoms with Gasteiger partial charge in [-0.1, -0.05) is 18.2 Å². The van der Waals surface area contributed by atoms with Crippen molar-refractivity contribution in [1.82, 2.24) is 9.80 Å². The second-order valence-corrected chi connectivity index (χ2v) is 9.86. The van der Waals surface area contributed by atoms with Gasteiger partial charge in [-0.3, -0.25) is 24.2 Å². The lowest BCUT2D eigenvalue weighted by Gasteiger charge is -2.50. The van der Waals surface area contributed by atoms with Crippen LogP contribution in [0.3, 0.4) is 0 Å². The van der Waals surface area contributed by atoms with Gasteiger partial charge in [-0.25, -0.2) is 0 Å². The van der Waals surface area contributed by atoms with E-state index in [-0.39, 0.29) is 49.3 Å². The molecule has 1 heterocycles. The lowest BCUT2D eigenvalue weighted by Crippen LogP contribution is -2.67. The van der Waals surface area contributed by atoms with Gasteiger partial charge in [0.05, 0.1) is 23.5 Å². The number of amides is 1. The summed E-state index contributed by atoms with van der Waals surface area (Å²) in [7, 11) is 0. The van der Waals surface area contributed by atoms with Gasteiger partial charge >= 0.3 is 6.18 Å². The van der Waals surface area contributed by atoms with E-state index in [4.69, 9.17) is 5.73 Å². The van der Waals surface area contributed by atoms with Crippen LogP contribution < -0.4 is 5.73 Å². The van der Waals surface area contributed by atoms with E-state index in [0.717, 1.165) is 4.90 Å². The number of phenolic OH excluding ortho intramolecular Hbond substituents is 2. The number of rotatable bonds is 3. The predicted octanol–water partition coefficient (Wildman–Crippen LogP) is 0.766. The molecule has 0 radical (unpaired) electrons. The second kappa shape index (κ2) is 8.68. The summed E-state index contributed by atoms with van der Waals surface area (Å²) in [6, 6.07) is 4.52. The van der Waals surface area contributed by atoms with Gasteiger partial charge in [0.15, 0.2) is 11.4 Å². The maximum Gasteiger partial charge on any atom is 0.401 e. The summed E-state index contributed by atoms with van der Waals surface area (Å²) in [5.74, 6) is -7.10. The largest absolute Gasteiger partial charge is 0.508 e. The number of piperazine rings is 1. The molecule has 3 atom stereocenters. The number of carbonyl (C=O) groups is 3. The normalized spacial score (nSPS) is 26.9. The minimum atomic E-state index is -4.42. The molecule has 2 aromatic rings. The molecule has 5 rings (SSSR count). The van der Waals surface area contributed by atoms with E-state index >= 15 is 0 Å². The molecule has 1 saturated heterocycles. The highest BCUT2D eigenvalue weighted by Gasteiger charge is 2.62. The Morgan fingerprint density at radius 1 is 1.11 bits per heavy atom. The number of aliphatic hydroxyl groups is 2. The molecule has 3 aliphatic rings. The van der Waals surface area contributed by atoms with Gasteiger partial charge in [-0.2, -0.15) is 13.2 Å². The van der Waals surface area contributed by atoms with Crippen LogP contribution in [0.15, 0.2) is 35.6 Å². The Hall–Kier alpha value is -3.68. The van der Waals surface area contributed by atoms with Gasteiger partial charge < -0.3 is 26.2 Å². The van der Waals surface area contributed by atoms with Crippen molar-refractivity contribution in [2.75, 3.05) is 32.7 Å². The number of phenols is 2. The minimum absolute atomic E-state index is 0.0518. The fraction of sp³-hybridized carbons (Fsp3) is 0.400. The average molecular weight is 535 g/mol. The lowest BCUT2D eigenvalue weighted by atomic mass is 9.61. The number of aliphatic hydroxyl groups excluding tert-OH is 1. The van der Waals surface area contributed by atoms with Crippen LogP contribution in [0.2, 0.25) is 0 Å². The number of hydrogen-bond acceptors (Lipinski definition) is 9. The summed E-state index contributed by atoms with van der Waals surface area (Å²) in [6.45, 7) is -1.41. The number of carbonyl (C=O) groups excluding carboxylic acids is 3. The molecule has 0 aromatic heterocycles. The third-order valence-electron chi connectivity index (χ3n) is 7.69. The third-order valence-corrected chi connectivity index (χ3v) is 7.69. The van der Waals surface area contributed by atoms with Crippen LogP contribution in [0.1, 0.15) is 15.9 Å². The monoisotopic (exact) mass is 535 g/mol. The molecule has 1 fully saturated rings. The molecule has 10 nitrogen and oxygen atoms in total. The molecule has 2 aromatic carbocycles. The quantitative estimate of drug-likeness (QED) is 0.357. The summed E-state index contributed by atoms with van der Waals surface area (Å²) in [4.78, 5) is 42.1. The number of Topliss-reactive ketones (excluding diaryl/α,β-unsaturated/α-hetero) is 2. The van der Waals surface area contributed by atoms with Crippen LogP contribution in [-0.4, -0.2) is 98.2 Å². The van der Waals surface area contributed by atoms with Crippen LogP contribution in [-0.2, 0) is 16.0 Å². The van der Waals surface area contributed by atoms with Gasteiger partial charge in [0.25, 0.3) is 5.91 Å². The predicted molar refractivity (Wildman–Crippen MR) is 125 cm³/mol. The van der Waals surface area contributed by atoms with Crippen LogP contribution in [0.25, 0.3) is 10.8 Å². The number of nitrogens with zero attached hydrogens (tertiary/aromatic N) is 2. The van der Waals surface area contributed by atoms with E-state index in [0.29, 0.717) is 5.39 Å². The molecule has 1 amide bonds. The number of halogens is 3. The van der Waals surface area contributed by atoms with E-state index in [1.54, 1.807) is 6.07 Å². The molecule has 13 heteroatoms. The van der Waals surface area contributed by atoms with E-state index in [9.17, 15) is 48.0 Å². The zero-order chi connectivity index (χ0) is 27.7. The SMILES string of the molecule is NC(=O)C1=C(O)C2(O)C(=O)c3c(cc4cccc(O)c4c3O)CC2C(N2CCN(CC(F)(F)F)CC2)C1=O. The number of aromatic hydroxyl groups is 2. The molecule has 38 heavy (non-hydrogen) atoms. The number of ketones is 2. The highest BCUT2D eigenvalue weighted by molar-refractivity contribution is 6.25. The van der Waals surface area contributed by atoms with Crippen molar-refractivity contribution in [2.24, 2.45) is 11.7 Å². The summed E-state index contributed by atoms with van der Waals surface area (Å²) in [6.07, 6.45) is -4.64. The van der Waals surface area contributed by atoms with Gasteiger partial charge in [0, 0.05) is 32.1 Å². The number of alkyl halides is 3. The van der Waals surface area contributed by atoms with Crippen molar-refractivity contribution < 1.29 is 48.0 Å². The summed E-state index contributed by atoms with van der Waals surface area (Å²) >= 11 is 0. The van der Waals surface area contributed by atoms with Crippen molar-refractivity contribution in [3.8, 4) is 11.5 Å². The van der Waals surface area contributed by atoms with Crippen LogP contribution in [0.4, 0.5) is 13.2 Å². The molecular formula is C25H24F3N3O7. The molecule has 3 unspecified atom stereocenters. The number of fused-ring (bicyclic) bond motifs is 3. The Kier molecular flexibility index (Phi) is 5.93. The first-order chi connectivity index (χ1) is 17.8. The molecule has 202 valence electrons. The molecular weight excluding hydrogens is 511 g/mol. The number of hydrogen-bond donors (Lipinski definition) is 5. The lowest BCUT2D eigenvalue weighted by molar-refractivity contribution is -0.153. The van der Waals surface area contributed by atoms with Crippen LogP contribution in [0.5, 0.6) is 11.5 Å². The van der Waals surface area contributed by atoms with E-state index < -0.39 is 70.4 Å². The number of nitrogens with two attached hydrogens (primary N) is 1. The van der Waals surface area contributed by atoms with Crippen molar-refractivity contribution in [3.05, 3.63) is 46.7 Å². The van der Waals surface area contributed by atoms with Crippen molar-refractivity contribution in [3.63, 3.8) is 0 Å². The maximum atomic E-state index is 13.8. The maximum absolute atomic E-state index is 13.8. The van der Waals surface area contributed by atoms with Gasteiger partial charge in [0.2, 0.25) is 5.78 Å². The fourth-order valence-electron chi connectivity index (χ4n) is 6.00. The number of benzene rings is 2. The molecule has 0 saturated carbocycles. The van der Waals surface area contributed by atoms with Crippen molar-refractivity contribution in [2.45, 2.75) is 24.2 Å². The zero-order valence-corrected chi connectivity index (χ0v) is 19.8. The van der Waals surface area contributed by atoms with E-state index in [2.05, 4.69) is 0 Å². The molecule has 2 aliphatic carbocycles. The van der Waals surface area contributed by atoms with Crippen molar-refractivity contribution >= 4 is 28.2 Å². The highest BCUT2D eigenvalue weighted by Crippen LogP contribution is 2.49. The highest BCUT2D eigenvalue weighted by atomic mass is 19.4. The average Bonchev–Trinajstić information content (AvgIpc) is 2.81. The minimum Gasteiger partial charge on any atom is -0.508 e. The first-order valence-electron chi connectivity index (χ1n) is 11.8.